The van der Waals surface area contributed by atoms with Gasteiger partial charge in [-0.05, 0) is 52.7 Å². The van der Waals surface area contributed by atoms with Crippen LogP contribution in [0.4, 0.5) is 15.0 Å². The van der Waals surface area contributed by atoms with Gasteiger partial charge in [-0.2, -0.15) is 4.98 Å². The highest BCUT2D eigenvalue weighted by molar-refractivity contribution is 5.99. The van der Waals surface area contributed by atoms with Gasteiger partial charge in [0, 0.05) is 48.8 Å². The molecule has 1 saturated heterocycles. The van der Waals surface area contributed by atoms with E-state index in [4.69, 9.17) is 9.47 Å². The minimum atomic E-state index is -0.534. The van der Waals surface area contributed by atoms with Crippen LogP contribution in [0.1, 0.15) is 56.5 Å². The monoisotopic (exact) mass is 469 g/mol. The van der Waals surface area contributed by atoms with Gasteiger partial charge >= 0.3 is 6.09 Å². The quantitative estimate of drug-likeness (QED) is 0.564. The van der Waals surface area contributed by atoms with Gasteiger partial charge in [-0.25, -0.2) is 9.18 Å². The van der Waals surface area contributed by atoms with Crippen LogP contribution in [-0.2, 0) is 11.3 Å². The average molecular weight is 470 g/mol. The summed E-state index contributed by atoms with van der Waals surface area (Å²) in [6.07, 6.45) is 1.47. The number of hydrogen-bond donors (Lipinski definition) is 0. The number of Topliss-reactive ketones (excluding diaryl/α,β-unsaturated/α-hetero) is 1. The molecule has 1 saturated carbocycles. The molecule has 0 N–H and O–H groups in total. The number of ether oxygens (including phenoxy) is 2. The second-order valence-corrected chi connectivity index (χ2v) is 10.0. The Morgan fingerprint density at radius 1 is 1.15 bits per heavy atom. The first-order valence-electron chi connectivity index (χ1n) is 11.8. The summed E-state index contributed by atoms with van der Waals surface area (Å²) >= 11 is 0. The van der Waals surface area contributed by atoms with Crippen LogP contribution in [-0.4, -0.2) is 53.0 Å². The van der Waals surface area contributed by atoms with E-state index in [1.807, 2.05) is 39.8 Å². The van der Waals surface area contributed by atoms with Crippen molar-refractivity contribution in [3.63, 3.8) is 0 Å². The standard InChI is InChI=1S/C26H32FN3O4/c1-17-15-29(12-13-30(17)25(32)34-26(2,3)4)22-6-5-7-23(28-22)33-16-20-11-10-19(14-21(20)27)24(31)18-8-9-18/h5-7,10-11,14,17-18H,8-9,12-13,15-16H2,1-4H3/t17-/m0/s1. The molecule has 0 radical (unpaired) electrons. The van der Waals surface area contributed by atoms with Crippen LogP contribution >= 0.6 is 0 Å². The molecule has 4 rings (SSSR count). The molecule has 1 aliphatic carbocycles. The van der Waals surface area contributed by atoms with Crippen LogP contribution in [0.5, 0.6) is 5.88 Å². The molecule has 34 heavy (non-hydrogen) atoms. The number of ketones is 1. The molecule has 7 nitrogen and oxygen atoms in total. The first kappa shape index (κ1) is 24.0. The maximum absolute atomic E-state index is 14.5. The van der Waals surface area contributed by atoms with Crippen molar-refractivity contribution in [2.24, 2.45) is 5.92 Å². The Morgan fingerprint density at radius 2 is 1.91 bits per heavy atom. The number of anilines is 1. The summed E-state index contributed by atoms with van der Waals surface area (Å²) in [7, 11) is 0. The Morgan fingerprint density at radius 3 is 2.56 bits per heavy atom. The van der Waals surface area contributed by atoms with E-state index in [1.54, 1.807) is 23.1 Å². The van der Waals surface area contributed by atoms with Crippen LogP contribution < -0.4 is 9.64 Å². The molecule has 2 aromatic rings. The number of carbonyl (C=O) groups excluding carboxylic acids is 2. The molecule has 0 spiro atoms. The number of piperazine rings is 1. The van der Waals surface area contributed by atoms with Crippen molar-refractivity contribution in [3.8, 4) is 5.88 Å². The highest BCUT2D eigenvalue weighted by Crippen LogP contribution is 2.33. The lowest BCUT2D eigenvalue weighted by Crippen LogP contribution is -2.55. The summed E-state index contributed by atoms with van der Waals surface area (Å²) in [4.78, 5) is 33.0. The van der Waals surface area contributed by atoms with Crippen molar-refractivity contribution in [1.82, 2.24) is 9.88 Å². The minimum absolute atomic E-state index is 0.0155. The number of aromatic nitrogens is 1. The fraction of sp³-hybridized carbons (Fsp3) is 0.500. The normalized spacial score (nSPS) is 18.6. The number of benzene rings is 1. The van der Waals surface area contributed by atoms with Gasteiger partial charge in [0.25, 0.3) is 0 Å². The molecule has 1 aromatic carbocycles. The molecule has 1 aliphatic heterocycles. The molecule has 0 bridgehead atoms. The van der Waals surface area contributed by atoms with Crippen LogP contribution in [0, 0.1) is 11.7 Å². The second-order valence-electron chi connectivity index (χ2n) is 10.0. The first-order valence-corrected chi connectivity index (χ1v) is 11.8. The number of hydrogen-bond acceptors (Lipinski definition) is 6. The van der Waals surface area contributed by atoms with E-state index < -0.39 is 11.4 Å². The smallest absolute Gasteiger partial charge is 0.410 e. The van der Waals surface area contributed by atoms with Crippen LogP contribution in [0.15, 0.2) is 36.4 Å². The van der Waals surface area contributed by atoms with E-state index >= 15 is 0 Å². The van der Waals surface area contributed by atoms with Crippen molar-refractivity contribution in [2.75, 3.05) is 24.5 Å². The Hall–Kier alpha value is -3.16. The van der Waals surface area contributed by atoms with Gasteiger partial charge in [0.2, 0.25) is 5.88 Å². The van der Waals surface area contributed by atoms with Crippen LogP contribution in [0.3, 0.4) is 0 Å². The highest BCUT2D eigenvalue weighted by atomic mass is 19.1. The molecular formula is C26H32FN3O4. The molecular weight excluding hydrogens is 437 g/mol. The number of carbonyl (C=O) groups is 2. The SMILES string of the molecule is C[C@H]1CN(c2cccc(OCc3ccc(C(=O)C4CC4)cc3F)n2)CCN1C(=O)OC(C)(C)C. The fourth-order valence-electron chi connectivity index (χ4n) is 3.97. The zero-order valence-electron chi connectivity index (χ0n) is 20.2. The van der Waals surface area contributed by atoms with Gasteiger partial charge < -0.3 is 19.3 Å². The zero-order chi connectivity index (χ0) is 24.5. The lowest BCUT2D eigenvalue weighted by molar-refractivity contribution is 0.0158. The largest absolute Gasteiger partial charge is 0.473 e. The summed E-state index contributed by atoms with van der Waals surface area (Å²) in [6, 6.07) is 9.99. The molecule has 1 amide bonds. The van der Waals surface area contributed by atoms with Crippen LogP contribution in [0.25, 0.3) is 0 Å². The molecule has 2 aliphatic rings. The summed E-state index contributed by atoms with van der Waals surface area (Å²) in [6.45, 7) is 9.32. The Balaban J connectivity index is 1.35. The zero-order valence-corrected chi connectivity index (χ0v) is 20.2. The Labute approximate surface area is 199 Å². The van der Waals surface area contributed by atoms with E-state index in [0.29, 0.717) is 36.6 Å². The molecule has 0 unspecified atom stereocenters. The Bertz CT molecular complexity index is 1060. The van der Waals surface area contributed by atoms with Crippen LogP contribution in [0.2, 0.25) is 0 Å². The number of pyridine rings is 1. The lowest BCUT2D eigenvalue weighted by atomic mass is 10.0. The number of nitrogens with zero attached hydrogens (tertiary/aromatic N) is 3. The van der Waals surface area contributed by atoms with Gasteiger partial charge in [-0.3, -0.25) is 4.79 Å². The van der Waals surface area contributed by atoms with E-state index in [2.05, 4.69) is 9.88 Å². The molecule has 1 aromatic heterocycles. The van der Waals surface area contributed by atoms with Gasteiger partial charge in [-0.15, -0.1) is 0 Å². The van der Waals surface area contributed by atoms with E-state index in [1.165, 1.54) is 6.07 Å². The van der Waals surface area contributed by atoms with Gasteiger partial charge in [0.05, 0.1) is 0 Å². The summed E-state index contributed by atoms with van der Waals surface area (Å²) < 4.78 is 25.8. The Kier molecular flexibility index (Phi) is 6.77. The molecule has 2 fully saturated rings. The molecule has 1 atom stereocenters. The van der Waals surface area contributed by atoms with E-state index in [0.717, 1.165) is 18.7 Å². The van der Waals surface area contributed by atoms with E-state index in [9.17, 15) is 14.0 Å². The topological polar surface area (TPSA) is 72.0 Å². The minimum Gasteiger partial charge on any atom is -0.473 e. The predicted molar refractivity (Wildman–Crippen MR) is 127 cm³/mol. The summed E-state index contributed by atoms with van der Waals surface area (Å²) in [5, 5.41) is 0. The average Bonchev–Trinajstić information content (AvgIpc) is 3.62. The number of rotatable bonds is 6. The van der Waals surface area contributed by atoms with Crippen molar-refractivity contribution in [2.45, 2.75) is 58.8 Å². The maximum Gasteiger partial charge on any atom is 0.410 e. The second kappa shape index (κ2) is 9.60. The van der Waals surface area contributed by atoms with Crippen molar-refractivity contribution >= 4 is 17.7 Å². The van der Waals surface area contributed by atoms with Gasteiger partial charge in [0.1, 0.15) is 23.8 Å². The maximum atomic E-state index is 14.5. The van der Waals surface area contributed by atoms with Crippen molar-refractivity contribution < 1.29 is 23.5 Å². The number of halogens is 1. The van der Waals surface area contributed by atoms with Gasteiger partial charge in [0.15, 0.2) is 5.78 Å². The van der Waals surface area contributed by atoms with E-state index in [-0.39, 0.29) is 30.4 Å². The summed E-state index contributed by atoms with van der Waals surface area (Å²) in [5.41, 5.74) is 0.260. The number of amides is 1. The predicted octanol–water partition coefficient (Wildman–Crippen LogP) is 4.84. The molecule has 182 valence electrons. The first-order chi connectivity index (χ1) is 16.1. The van der Waals surface area contributed by atoms with Crippen molar-refractivity contribution in [3.05, 3.63) is 53.3 Å². The third-order valence-corrected chi connectivity index (χ3v) is 5.95. The molecule has 8 heteroatoms. The third-order valence-electron chi connectivity index (χ3n) is 5.95. The highest BCUT2D eigenvalue weighted by Gasteiger charge is 2.32. The third kappa shape index (κ3) is 5.85. The summed E-state index contributed by atoms with van der Waals surface area (Å²) in [5.74, 6) is 0.745. The van der Waals surface area contributed by atoms with Crippen molar-refractivity contribution in [1.29, 1.82) is 0 Å². The van der Waals surface area contributed by atoms with Gasteiger partial charge in [-0.1, -0.05) is 18.2 Å². The molecule has 2 heterocycles. The lowest BCUT2D eigenvalue weighted by Gasteiger charge is -2.40. The fourth-order valence-corrected chi connectivity index (χ4v) is 3.97.